The number of amides is 1. The summed E-state index contributed by atoms with van der Waals surface area (Å²) >= 11 is 1.25. The first-order chi connectivity index (χ1) is 11.0. The van der Waals surface area contributed by atoms with Crippen molar-refractivity contribution in [3.05, 3.63) is 36.2 Å². The molecule has 1 atom stereocenters. The van der Waals surface area contributed by atoms with Crippen LogP contribution in [0.5, 0.6) is 0 Å². The van der Waals surface area contributed by atoms with Gasteiger partial charge in [0.05, 0.1) is 11.7 Å². The molecule has 0 bridgehead atoms. The summed E-state index contributed by atoms with van der Waals surface area (Å²) in [6.07, 6.45) is 1.59. The van der Waals surface area contributed by atoms with Crippen LogP contribution in [0.2, 0.25) is 0 Å². The molecular weight excluding hydrogens is 316 g/mol. The average Bonchev–Trinajstić information content (AvgIpc) is 2.99. The van der Waals surface area contributed by atoms with Crippen LogP contribution in [0.4, 0.5) is 0 Å². The van der Waals surface area contributed by atoms with Gasteiger partial charge >= 0.3 is 5.97 Å². The Balaban J connectivity index is 1.92. The zero-order valence-electron chi connectivity index (χ0n) is 12.9. The second kappa shape index (κ2) is 7.77. The van der Waals surface area contributed by atoms with E-state index in [1.807, 2.05) is 31.2 Å². The number of aliphatic carboxylic acids is 1. The Labute approximate surface area is 138 Å². The molecule has 1 unspecified atom stereocenters. The zero-order chi connectivity index (χ0) is 16.8. The highest BCUT2D eigenvalue weighted by molar-refractivity contribution is 7.99. The second-order valence-corrected chi connectivity index (χ2v) is 6.09. The zero-order valence-corrected chi connectivity index (χ0v) is 13.7. The fraction of sp³-hybridized carbons (Fsp3) is 0.333. The standard InChI is InChI=1S/C15H18N4O3S/c1-10-3-5-12(6-4-10)19-9-17-18-15(19)23-8-13(20)16-7-11(2)14(21)22/h3-6,9,11H,7-8H2,1-2H3,(H,16,20)(H,21,22). The van der Waals surface area contributed by atoms with Crippen molar-refractivity contribution in [1.29, 1.82) is 0 Å². The Morgan fingerprint density at radius 1 is 1.35 bits per heavy atom. The minimum atomic E-state index is -0.933. The van der Waals surface area contributed by atoms with Crippen LogP contribution in [0, 0.1) is 12.8 Å². The van der Waals surface area contributed by atoms with Crippen molar-refractivity contribution >= 4 is 23.6 Å². The van der Waals surface area contributed by atoms with Crippen molar-refractivity contribution in [2.24, 2.45) is 5.92 Å². The van der Waals surface area contributed by atoms with Gasteiger partial charge in [-0.05, 0) is 19.1 Å². The van der Waals surface area contributed by atoms with Crippen LogP contribution in [0.25, 0.3) is 5.69 Å². The molecule has 1 aromatic heterocycles. The number of aryl methyl sites for hydroxylation is 1. The van der Waals surface area contributed by atoms with Crippen LogP contribution < -0.4 is 5.32 Å². The number of carbonyl (C=O) groups excluding carboxylic acids is 1. The van der Waals surface area contributed by atoms with Crippen LogP contribution in [0.15, 0.2) is 35.7 Å². The van der Waals surface area contributed by atoms with Gasteiger partial charge in [0.1, 0.15) is 6.33 Å². The van der Waals surface area contributed by atoms with E-state index in [4.69, 9.17) is 5.11 Å². The minimum Gasteiger partial charge on any atom is -0.481 e. The molecule has 2 aromatic rings. The number of thioether (sulfide) groups is 1. The van der Waals surface area contributed by atoms with Crippen LogP contribution in [-0.2, 0) is 9.59 Å². The number of carboxylic acid groups (broad SMARTS) is 1. The SMILES string of the molecule is Cc1ccc(-n2cnnc2SCC(=O)NCC(C)C(=O)O)cc1. The number of aromatic nitrogens is 3. The smallest absolute Gasteiger partial charge is 0.308 e. The Hall–Kier alpha value is -2.35. The average molecular weight is 334 g/mol. The Kier molecular flexibility index (Phi) is 5.75. The van der Waals surface area contributed by atoms with Gasteiger partial charge in [0, 0.05) is 12.2 Å². The number of hydrogen-bond donors (Lipinski definition) is 2. The van der Waals surface area contributed by atoms with E-state index < -0.39 is 11.9 Å². The highest BCUT2D eigenvalue weighted by Gasteiger charge is 2.14. The molecule has 1 amide bonds. The number of rotatable bonds is 7. The summed E-state index contributed by atoms with van der Waals surface area (Å²) in [5, 5.41) is 19.9. The van der Waals surface area contributed by atoms with Crippen LogP contribution in [0.3, 0.4) is 0 Å². The Bertz CT molecular complexity index is 684. The molecule has 0 aliphatic carbocycles. The van der Waals surface area contributed by atoms with E-state index in [9.17, 15) is 9.59 Å². The highest BCUT2D eigenvalue weighted by atomic mass is 32.2. The molecule has 122 valence electrons. The third-order valence-corrected chi connectivity index (χ3v) is 4.13. The molecule has 0 saturated carbocycles. The number of nitrogens with zero attached hydrogens (tertiary/aromatic N) is 3. The normalized spacial score (nSPS) is 11.9. The summed E-state index contributed by atoms with van der Waals surface area (Å²) in [5.41, 5.74) is 2.07. The maximum Gasteiger partial charge on any atom is 0.308 e. The van der Waals surface area contributed by atoms with Crippen molar-refractivity contribution in [3.63, 3.8) is 0 Å². The van der Waals surface area contributed by atoms with E-state index in [0.29, 0.717) is 5.16 Å². The van der Waals surface area contributed by atoms with Crippen LogP contribution >= 0.6 is 11.8 Å². The molecule has 0 radical (unpaired) electrons. The lowest BCUT2D eigenvalue weighted by Gasteiger charge is -2.09. The molecule has 2 N–H and O–H groups in total. The summed E-state index contributed by atoms with van der Waals surface area (Å²) in [5.74, 6) is -1.63. The quantitative estimate of drug-likeness (QED) is 0.745. The Morgan fingerprint density at radius 3 is 2.70 bits per heavy atom. The maximum atomic E-state index is 11.8. The summed E-state index contributed by atoms with van der Waals surface area (Å²) < 4.78 is 1.80. The second-order valence-electron chi connectivity index (χ2n) is 5.15. The number of carbonyl (C=O) groups is 2. The van der Waals surface area contributed by atoms with Gasteiger partial charge in [0.25, 0.3) is 0 Å². The van der Waals surface area contributed by atoms with E-state index in [0.717, 1.165) is 11.3 Å². The molecule has 0 saturated heterocycles. The monoisotopic (exact) mass is 334 g/mol. The molecular formula is C15H18N4O3S. The molecule has 7 nitrogen and oxygen atoms in total. The molecule has 0 fully saturated rings. The number of hydrogen-bond acceptors (Lipinski definition) is 5. The lowest BCUT2D eigenvalue weighted by molar-refractivity contribution is -0.141. The highest BCUT2D eigenvalue weighted by Crippen LogP contribution is 2.19. The summed E-state index contributed by atoms with van der Waals surface area (Å²) in [6, 6.07) is 7.89. The summed E-state index contributed by atoms with van der Waals surface area (Å²) in [7, 11) is 0. The molecule has 0 aliphatic rings. The van der Waals surface area contributed by atoms with Gasteiger partial charge in [-0.3, -0.25) is 14.2 Å². The topological polar surface area (TPSA) is 97.1 Å². The third-order valence-electron chi connectivity index (χ3n) is 3.19. The van der Waals surface area contributed by atoms with E-state index in [1.54, 1.807) is 17.8 Å². The van der Waals surface area contributed by atoms with Crippen molar-refractivity contribution < 1.29 is 14.7 Å². The first-order valence-corrected chi connectivity index (χ1v) is 8.05. The van der Waals surface area contributed by atoms with Crippen LogP contribution in [0.1, 0.15) is 12.5 Å². The van der Waals surface area contributed by atoms with Gasteiger partial charge in [-0.25, -0.2) is 0 Å². The number of nitrogens with one attached hydrogen (secondary N) is 1. The van der Waals surface area contributed by atoms with Gasteiger partial charge in [-0.1, -0.05) is 36.4 Å². The van der Waals surface area contributed by atoms with Crippen LogP contribution in [-0.4, -0.2) is 44.0 Å². The molecule has 23 heavy (non-hydrogen) atoms. The third kappa shape index (κ3) is 4.82. The van der Waals surface area contributed by atoms with Crippen molar-refractivity contribution in [3.8, 4) is 5.69 Å². The van der Waals surface area contributed by atoms with Crippen molar-refractivity contribution in [2.75, 3.05) is 12.3 Å². The van der Waals surface area contributed by atoms with Gasteiger partial charge in [-0.2, -0.15) is 0 Å². The lowest BCUT2D eigenvalue weighted by Crippen LogP contribution is -2.32. The molecule has 8 heteroatoms. The van der Waals surface area contributed by atoms with Gasteiger partial charge in [0.2, 0.25) is 5.91 Å². The number of benzene rings is 1. The molecule has 2 rings (SSSR count). The molecule has 1 heterocycles. The first kappa shape index (κ1) is 17.0. The van der Waals surface area contributed by atoms with E-state index in [-0.39, 0.29) is 18.2 Å². The number of carboxylic acids is 1. The molecule has 0 aliphatic heterocycles. The van der Waals surface area contributed by atoms with E-state index in [1.165, 1.54) is 11.8 Å². The largest absolute Gasteiger partial charge is 0.481 e. The minimum absolute atomic E-state index is 0.110. The lowest BCUT2D eigenvalue weighted by atomic mass is 10.2. The van der Waals surface area contributed by atoms with E-state index >= 15 is 0 Å². The molecule has 0 spiro atoms. The fourth-order valence-corrected chi connectivity index (χ4v) is 2.50. The fourth-order valence-electron chi connectivity index (χ4n) is 1.74. The Morgan fingerprint density at radius 2 is 2.04 bits per heavy atom. The summed E-state index contributed by atoms with van der Waals surface area (Å²) in [6.45, 7) is 3.66. The van der Waals surface area contributed by atoms with Crippen molar-refractivity contribution in [2.45, 2.75) is 19.0 Å². The molecule has 1 aromatic carbocycles. The first-order valence-electron chi connectivity index (χ1n) is 7.06. The van der Waals surface area contributed by atoms with E-state index in [2.05, 4.69) is 15.5 Å². The predicted molar refractivity (Wildman–Crippen MR) is 86.6 cm³/mol. The van der Waals surface area contributed by atoms with Gasteiger partial charge in [0.15, 0.2) is 5.16 Å². The van der Waals surface area contributed by atoms with Crippen molar-refractivity contribution in [1.82, 2.24) is 20.1 Å². The van der Waals surface area contributed by atoms with Gasteiger partial charge in [-0.15, -0.1) is 10.2 Å². The summed E-state index contributed by atoms with van der Waals surface area (Å²) in [4.78, 5) is 22.5. The van der Waals surface area contributed by atoms with Gasteiger partial charge < -0.3 is 10.4 Å². The maximum absolute atomic E-state index is 11.8. The predicted octanol–water partition coefficient (Wildman–Crippen LogP) is 1.50.